The van der Waals surface area contributed by atoms with Crippen molar-refractivity contribution < 1.29 is 9.59 Å². The fourth-order valence-electron chi connectivity index (χ4n) is 2.65. The van der Waals surface area contributed by atoms with Gasteiger partial charge in [-0.2, -0.15) is 17.9 Å². The summed E-state index contributed by atoms with van der Waals surface area (Å²) in [7, 11) is 0. The molecule has 0 saturated heterocycles. The number of amides is 1. The normalized spacial score (nSPS) is 13.1. The highest BCUT2D eigenvalue weighted by molar-refractivity contribution is 7.80. The van der Waals surface area contributed by atoms with Crippen LogP contribution < -0.4 is 5.73 Å². The van der Waals surface area contributed by atoms with Crippen LogP contribution in [0.15, 0.2) is 48.8 Å². The highest BCUT2D eigenvalue weighted by Crippen LogP contribution is 2.29. The third-order valence-corrected chi connectivity index (χ3v) is 4.54. The Morgan fingerprint density at radius 3 is 2.80 bits per heavy atom. The summed E-state index contributed by atoms with van der Waals surface area (Å²) in [6.45, 7) is 0. The van der Waals surface area contributed by atoms with Gasteiger partial charge in [-0.05, 0) is 23.8 Å². The van der Waals surface area contributed by atoms with E-state index >= 15 is 0 Å². The number of aromatic nitrogens is 2. The molecule has 0 aliphatic rings. The Bertz CT molecular complexity index is 1010. The predicted molar refractivity (Wildman–Crippen MR) is 96.0 cm³/mol. The summed E-state index contributed by atoms with van der Waals surface area (Å²) < 4.78 is 0. The SMILES string of the molecule is N#C[C@H](C(N)=O)[C@@H](S)c1cccc(C(=O)c2c[nH]c3ncccc23)c1. The van der Waals surface area contributed by atoms with Crippen molar-refractivity contribution in [3.63, 3.8) is 0 Å². The van der Waals surface area contributed by atoms with Crippen molar-refractivity contribution >= 4 is 35.4 Å². The number of primary amides is 1. The first-order chi connectivity index (χ1) is 12.0. The highest BCUT2D eigenvalue weighted by atomic mass is 32.1. The number of ketones is 1. The van der Waals surface area contributed by atoms with Gasteiger partial charge in [-0.15, -0.1) is 0 Å². The van der Waals surface area contributed by atoms with Crippen molar-refractivity contribution in [1.29, 1.82) is 5.26 Å². The van der Waals surface area contributed by atoms with Gasteiger partial charge < -0.3 is 10.7 Å². The predicted octanol–water partition coefficient (Wildman–Crippen LogP) is 2.39. The van der Waals surface area contributed by atoms with Crippen LogP contribution in [0.5, 0.6) is 0 Å². The molecule has 25 heavy (non-hydrogen) atoms. The molecule has 0 fully saturated rings. The van der Waals surface area contributed by atoms with E-state index in [2.05, 4.69) is 22.6 Å². The van der Waals surface area contributed by atoms with Gasteiger partial charge in [0.05, 0.1) is 11.3 Å². The average Bonchev–Trinajstić information content (AvgIpc) is 3.05. The van der Waals surface area contributed by atoms with Gasteiger partial charge in [-0.1, -0.05) is 18.2 Å². The van der Waals surface area contributed by atoms with Gasteiger partial charge in [0.2, 0.25) is 5.91 Å². The average molecular weight is 350 g/mol. The number of nitrogens with one attached hydrogen (secondary N) is 1. The maximum atomic E-state index is 12.8. The van der Waals surface area contributed by atoms with E-state index in [0.717, 1.165) is 5.39 Å². The van der Waals surface area contributed by atoms with Crippen LogP contribution in [0.4, 0.5) is 0 Å². The number of pyridine rings is 1. The van der Waals surface area contributed by atoms with E-state index < -0.39 is 17.1 Å². The summed E-state index contributed by atoms with van der Waals surface area (Å²) in [5, 5.41) is 9.12. The standard InChI is InChI=1S/C18H14N4O2S/c19-8-13(17(20)24)16(25)11-4-1-3-10(7-11)15(23)14-9-22-18-12(14)5-2-6-21-18/h1-7,9,13,16,25H,(H2,20,24)(H,21,22)/t13-,16-/m0/s1. The number of fused-ring (bicyclic) bond motifs is 1. The number of nitrogens with zero attached hydrogens (tertiary/aromatic N) is 2. The van der Waals surface area contributed by atoms with E-state index in [4.69, 9.17) is 11.0 Å². The number of thiol groups is 1. The summed E-state index contributed by atoms with van der Waals surface area (Å²) >= 11 is 4.33. The van der Waals surface area contributed by atoms with Crippen LogP contribution >= 0.6 is 12.6 Å². The van der Waals surface area contributed by atoms with Crippen molar-refractivity contribution in [1.82, 2.24) is 9.97 Å². The number of rotatable bonds is 5. The Hall–Kier alpha value is -3.11. The third kappa shape index (κ3) is 3.12. The fourth-order valence-corrected chi connectivity index (χ4v) is 3.02. The molecule has 1 amide bonds. The summed E-state index contributed by atoms with van der Waals surface area (Å²) in [6.07, 6.45) is 3.26. The molecule has 0 radical (unpaired) electrons. The van der Waals surface area contributed by atoms with Gasteiger partial charge >= 0.3 is 0 Å². The lowest BCUT2D eigenvalue weighted by Crippen LogP contribution is -2.25. The van der Waals surface area contributed by atoms with Crippen LogP contribution in [0, 0.1) is 17.2 Å². The zero-order chi connectivity index (χ0) is 18.0. The van der Waals surface area contributed by atoms with E-state index in [1.165, 1.54) is 0 Å². The van der Waals surface area contributed by atoms with Crippen LogP contribution in [-0.2, 0) is 4.79 Å². The molecule has 7 heteroatoms. The molecule has 3 aromatic rings. The smallest absolute Gasteiger partial charge is 0.236 e. The van der Waals surface area contributed by atoms with Crippen LogP contribution in [0.25, 0.3) is 11.0 Å². The number of carbonyl (C=O) groups is 2. The number of nitrogens with two attached hydrogens (primary N) is 1. The van der Waals surface area contributed by atoms with Crippen molar-refractivity contribution in [3.05, 3.63) is 65.5 Å². The Kier molecular flexibility index (Phi) is 4.55. The minimum Gasteiger partial charge on any atom is -0.368 e. The fraction of sp³-hybridized carbons (Fsp3) is 0.111. The van der Waals surface area contributed by atoms with Gasteiger partial charge in [0, 0.05) is 28.9 Å². The maximum absolute atomic E-state index is 12.8. The van der Waals surface area contributed by atoms with Crippen molar-refractivity contribution in [2.24, 2.45) is 11.7 Å². The minimum absolute atomic E-state index is 0.186. The van der Waals surface area contributed by atoms with E-state index in [1.807, 2.05) is 12.1 Å². The van der Waals surface area contributed by atoms with Crippen LogP contribution in [0.1, 0.15) is 26.7 Å². The molecule has 0 unspecified atom stereocenters. The lowest BCUT2D eigenvalue weighted by molar-refractivity contribution is -0.120. The topological polar surface area (TPSA) is 113 Å². The van der Waals surface area contributed by atoms with Gasteiger partial charge in [-0.25, -0.2) is 4.98 Å². The lowest BCUT2D eigenvalue weighted by atomic mass is 9.95. The van der Waals surface area contributed by atoms with Gasteiger partial charge in [-0.3, -0.25) is 9.59 Å². The van der Waals surface area contributed by atoms with Crippen LogP contribution in [0.2, 0.25) is 0 Å². The number of hydrogen-bond acceptors (Lipinski definition) is 5. The molecular weight excluding hydrogens is 336 g/mol. The van der Waals surface area contributed by atoms with Crippen LogP contribution in [-0.4, -0.2) is 21.7 Å². The van der Waals surface area contributed by atoms with E-state index in [0.29, 0.717) is 22.3 Å². The van der Waals surface area contributed by atoms with Gasteiger partial charge in [0.1, 0.15) is 11.6 Å². The molecule has 3 rings (SSSR count). The molecule has 0 bridgehead atoms. The van der Waals surface area contributed by atoms with Crippen molar-refractivity contribution in [2.75, 3.05) is 0 Å². The molecule has 6 nitrogen and oxygen atoms in total. The molecule has 2 atom stereocenters. The third-order valence-electron chi connectivity index (χ3n) is 3.95. The van der Waals surface area contributed by atoms with Crippen LogP contribution in [0.3, 0.4) is 0 Å². The minimum atomic E-state index is -1.08. The van der Waals surface area contributed by atoms with Crippen molar-refractivity contribution in [2.45, 2.75) is 5.25 Å². The first-order valence-corrected chi connectivity index (χ1v) is 7.98. The summed E-state index contributed by atoms with van der Waals surface area (Å²) in [6, 6.07) is 12.1. The molecule has 0 aliphatic carbocycles. The second kappa shape index (κ2) is 6.79. The Morgan fingerprint density at radius 2 is 2.08 bits per heavy atom. The summed E-state index contributed by atoms with van der Waals surface area (Å²) in [5.74, 6) is -2.01. The number of benzene rings is 1. The number of carbonyl (C=O) groups excluding carboxylic acids is 2. The zero-order valence-corrected chi connectivity index (χ0v) is 13.9. The molecule has 0 aliphatic heterocycles. The number of H-pyrrole nitrogens is 1. The van der Waals surface area contributed by atoms with Crippen molar-refractivity contribution in [3.8, 4) is 6.07 Å². The first kappa shape index (κ1) is 16.7. The molecule has 0 spiro atoms. The first-order valence-electron chi connectivity index (χ1n) is 7.46. The summed E-state index contributed by atoms with van der Waals surface area (Å²) in [5.41, 5.74) is 7.38. The van der Waals surface area contributed by atoms with E-state index in [-0.39, 0.29) is 5.78 Å². The zero-order valence-electron chi connectivity index (χ0n) is 13.0. The number of hydrogen-bond donors (Lipinski definition) is 3. The molecule has 2 heterocycles. The molecule has 2 aromatic heterocycles. The van der Waals surface area contributed by atoms with Gasteiger partial charge in [0.15, 0.2) is 5.78 Å². The summed E-state index contributed by atoms with van der Waals surface area (Å²) in [4.78, 5) is 31.3. The molecule has 0 saturated carbocycles. The quantitative estimate of drug-likeness (QED) is 0.484. The second-order valence-electron chi connectivity index (χ2n) is 5.51. The Balaban J connectivity index is 1.98. The van der Waals surface area contributed by atoms with E-state index in [1.54, 1.807) is 42.7 Å². The molecule has 3 N–H and O–H groups in total. The maximum Gasteiger partial charge on any atom is 0.236 e. The van der Waals surface area contributed by atoms with E-state index in [9.17, 15) is 9.59 Å². The number of nitriles is 1. The second-order valence-corrected chi connectivity index (χ2v) is 6.07. The Labute approximate surface area is 149 Å². The Morgan fingerprint density at radius 1 is 1.28 bits per heavy atom. The monoisotopic (exact) mass is 350 g/mol. The van der Waals surface area contributed by atoms with Gasteiger partial charge in [0.25, 0.3) is 0 Å². The lowest BCUT2D eigenvalue weighted by Gasteiger charge is -2.15. The molecular formula is C18H14N4O2S. The molecule has 124 valence electrons. The largest absolute Gasteiger partial charge is 0.368 e. The molecule has 1 aromatic carbocycles. The highest BCUT2D eigenvalue weighted by Gasteiger charge is 2.25. The number of aromatic amines is 1.